The summed E-state index contributed by atoms with van der Waals surface area (Å²) in [5.41, 5.74) is 3.61. The summed E-state index contributed by atoms with van der Waals surface area (Å²) < 4.78 is 5.26. The Hall–Kier alpha value is -2.29. The highest BCUT2D eigenvalue weighted by molar-refractivity contribution is 6.04. The highest BCUT2D eigenvalue weighted by Gasteiger charge is 2.09. The molecule has 2 aromatic rings. The molecule has 2 aromatic carbocycles. The Morgan fingerprint density at radius 3 is 2.57 bits per heavy atom. The van der Waals surface area contributed by atoms with Crippen LogP contribution in [0, 0.1) is 6.92 Å². The number of hydrogen-bond donors (Lipinski definition) is 1. The number of methoxy groups -OCH3 is 1. The van der Waals surface area contributed by atoms with Gasteiger partial charge in [0.2, 0.25) is 0 Å². The van der Waals surface area contributed by atoms with Crippen molar-refractivity contribution < 1.29 is 9.53 Å². The standard InChI is InChI=1S/C18H21NO2/c1-12(2)14-6-5-7-16(10-14)19-18(20)15-9-8-13(3)17(11-15)21-4/h5-12H,1-4H3,(H,19,20). The number of hydrogen-bond acceptors (Lipinski definition) is 2. The molecule has 0 unspecified atom stereocenters. The lowest BCUT2D eigenvalue weighted by molar-refractivity contribution is 0.102. The summed E-state index contributed by atoms with van der Waals surface area (Å²) in [6.07, 6.45) is 0. The van der Waals surface area contributed by atoms with Gasteiger partial charge in [-0.3, -0.25) is 4.79 Å². The van der Waals surface area contributed by atoms with Crippen LogP contribution in [0.3, 0.4) is 0 Å². The molecule has 0 atom stereocenters. The smallest absolute Gasteiger partial charge is 0.255 e. The zero-order valence-electron chi connectivity index (χ0n) is 12.9. The summed E-state index contributed by atoms with van der Waals surface area (Å²) in [5.74, 6) is 1.02. The molecular formula is C18H21NO2. The summed E-state index contributed by atoms with van der Waals surface area (Å²) in [6.45, 7) is 6.21. The van der Waals surface area contributed by atoms with Crippen LogP contribution in [0.1, 0.15) is 41.3 Å². The molecule has 0 spiro atoms. The summed E-state index contributed by atoms with van der Waals surface area (Å²) >= 11 is 0. The first-order chi connectivity index (χ1) is 10.0. The minimum Gasteiger partial charge on any atom is -0.496 e. The first-order valence-corrected chi connectivity index (χ1v) is 7.07. The zero-order chi connectivity index (χ0) is 15.4. The van der Waals surface area contributed by atoms with Crippen LogP contribution in [0.5, 0.6) is 5.75 Å². The van der Waals surface area contributed by atoms with Crippen molar-refractivity contribution >= 4 is 11.6 Å². The van der Waals surface area contributed by atoms with E-state index in [1.54, 1.807) is 19.2 Å². The number of amides is 1. The fraction of sp³-hybridized carbons (Fsp3) is 0.278. The van der Waals surface area contributed by atoms with Gasteiger partial charge in [0.15, 0.2) is 0 Å². The van der Waals surface area contributed by atoms with Crippen molar-refractivity contribution in [2.24, 2.45) is 0 Å². The molecule has 0 bridgehead atoms. The number of carbonyl (C=O) groups is 1. The van der Waals surface area contributed by atoms with Gasteiger partial charge in [0, 0.05) is 11.3 Å². The first-order valence-electron chi connectivity index (χ1n) is 7.07. The van der Waals surface area contributed by atoms with Gasteiger partial charge in [0.05, 0.1) is 7.11 Å². The van der Waals surface area contributed by atoms with Crippen LogP contribution in [-0.4, -0.2) is 13.0 Å². The van der Waals surface area contributed by atoms with Crippen LogP contribution in [0.4, 0.5) is 5.69 Å². The van der Waals surface area contributed by atoms with E-state index in [1.165, 1.54) is 5.56 Å². The maximum absolute atomic E-state index is 12.3. The minimum absolute atomic E-state index is 0.130. The van der Waals surface area contributed by atoms with Gasteiger partial charge in [-0.05, 0) is 48.2 Å². The Bertz CT molecular complexity index is 647. The van der Waals surface area contributed by atoms with Crippen LogP contribution in [-0.2, 0) is 0 Å². The zero-order valence-corrected chi connectivity index (χ0v) is 12.9. The van der Waals surface area contributed by atoms with Crippen LogP contribution in [0.25, 0.3) is 0 Å². The second-order valence-corrected chi connectivity index (χ2v) is 5.42. The van der Waals surface area contributed by atoms with Crippen LogP contribution < -0.4 is 10.1 Å². The maximum Gasteiger partial charge on any atom is 0.255 e. The van der Waals surface area contributed by atoms with E-state index in [2.05, 4.69) is 25.2 Å². The van der Waals surface area contributed by atoms with E-state index in [0.29, 0.717) is 11.5 Å². The minimum atomic E-state index is -0.130. The Balaban J connectivity index is 2.20. The molecular weight excluding hydrogens is 262 g/mol. The lowest BCUT2D eigenvalue weighted by Gasteiger charge is -2.11. The number of carbonyl (C=O) groups excluding carboxylic acids is 1. The van der Waals surface area contributed by atoms with Crippen LogP contribution >= 0.6 is 0 Å². The molecule has 1 amide bonds. The number of benzene rings is 2. The average molecular weight is 283 g/mol. The Kier molecular flexibility index (Phi) is 4.63. The lowest BCUT2D eigenvalue weighted by Crippen LogP contribution is -2.12. The van der Waals surface area contributed by atoms with E-state index in [0.717, 1.165) is 17.0 Å². The van der Waals surface area contributed by atoms with Crippen molar-refractivity contribution in [1.82, 2.24) is 0 Å². The van der Waals surface area contributed by atoms with Crippen LogP contribution in [0.2, 0.25) is 0 Å². The average Bonchev–Trinajstić information content (AvgIpc) is 2.47. The van der Waals surface area contributed by atoms with Gasteiger partial charge < -0.3 is 10.1 Å². The van der Waals surface area contributed by atoms with Crippen molar-refractivity contribution in [3.8, 4) is 5.75 Å². The number of nitrogens with one attached hydrogen (secondary N) is 1. The predicted octanol–water partition coefficient (Wildman–Crippen LogP) is 4.38. The van der Waals surface area contributed by atoms with Gasteiger partial charge in [-0.25, -0.2) is 0 Å². The van der Waals surface area contributed by atoms with Gasteiger partial charge in [0.1, 0.15) is 5.75 Å². The van der Waals surface area contributed by atoms with Crippen LogP contribution in [0.15, 0.2) is 42.5 Å². The molecule has 0 fully saturated rings. The fourth-order valence-electron chi connectivity index (χ4n) is 2.14. The Morgan fingerprint density at radius 2 is 1.90 bits per heavy atom. The van der Waals surface area contributed by atoms with E-state index in [9.17, 15) is 4.79 Å². The van der Waals surface area contributed by atoms with Crippen molar-refractivity contribution in [3.05, 3.63) is 59.2 Å². The summed E-state index contributed by atoms with van der Waals surface area (Å²) in [4.78, 5) is 12.3. The SMILES string of the molecule is COc1cc(C(=O)Nc2cccc(C(C)C)c2)ccc1C. The molecule has 2 rings (SSSR count). The largest absolute Gasteiger partial charge is 0.496 e. The molecule has 0 aliphatic carbocycles. The van der Waals surface area contributed by atoms with Gasteiger partial charge in [-0.1, -0.05) is 32.0 Å². The topological polar surface area (TPSA) is 38.3 Å². The molecule has 3 nitrogen and oxygen atoms in total. The molecule has 0 aliphatic heterocycles. The third-order valence-corrected chi connectivity index (χ3v) is 3.48. The molecule has 0 saturated heterocycles. The molecule has 0 saturated carbocycles. The van der Waals surface area contributed by atoms with Crippen molar-refractivity contribution in [1.29, 1.82) is 0 Å². The van der Waals surface area contributed by atoms with E-state index in [-0.39, 0.29) is 5.91 Å². The lowest BCUT2D eigenvalue weighted by atomic mass is 10.0. The van der Waals surface area contributed by atoms with E-state index >= 15 is 0 Å². The molecule has 0 heterocycles. The molecule has 21 heavy (non-hydrogen) atoms. The first kappa shape index (κ1) is 15.1. The summed E-state index contributed by atoms with van der Waals surface area (Å²) in [5, 5.41) is 2.93. The van der Waals surface area contributed by atoms with E-state index < -0.39 is 0 Å². The van der Waals surface area contributed by atoms with Crippen molar-refractivity contribution in [3.63, 3.8) is 0 Å². The molecule has 1 N–H and O–H groups in total. The fourth-order valence-corrected chi connectivity index (χ4v) is 2.14. The second kappa shape index (κ2) is 6.44. The molecule has 0 aromatic heterocycles. The quantitative estimate of drug-likeness (QED) is 0.904. The Labute approximate surface area is 126 Å². The van der Waals surface area contributed by atoms with E-state index in [4.69, 9.17) is 4.74 Å². The van der Waals surface area contributed by atoms with E-state index in [1.807, 2.05) is 31.2 Å². The summed E-state index contributed by atoms with van der Waals surface area (Å²) in [7, 11) is 1.61. The van der Waals surface area contributed by atoms with Gasteiger partial charge in [0.25, 0.3) is 5.91 Å². The number of aryl methyl sites for hydroxylation is 1. The third kappa shape index (κ3) is 3.63. The maximum atomic E-state index is 12.3. The monoisotopic (exact) mass is 283 g/mol. The van der Waals surface area contributed by atoms with Gasteiger partial charge >= 0.3 is 0 Å². The number of anilines is 1. The van der Waals surface area contributed by atoms with Gasteiger partial charge in [-0.2, -0.15) is 0 Å². The second-order valence-electron chi connectivity index (χ2n) is 5.42. The molecule has 3 heteroatoms. The highest BCUT2D eigenvalue weighted by Crippen LogP contribution is 2.21. The molecule has 110 valence electrons. The Morgan fingerprint density at radius 1 is 1.14 bits per heavy atom. The molecule has 0 radical (unpaired) electrons. The predicted molar refractivity (Wildman–Crippen MR) is 86.2 cm³/mol. The normalized spacial score (nSPS) is 10.5. The van der Waals surface area contributed by atoms with Gasteiger partial charge in [-0.15, -0.1) is 0 Å². The number of ether oxygens (including phenoxy) is 1. The number of rotatable bonds is 4. The van der Waals surface area contributed by atoms with Crippen molar-refractivity contribution in [2.45, 2.75) is 26.7 Å². The highest BCUT2D eigenvalue weighted by atomic mass is 16.5. The molecule has 0 aliphatic rings. The van der Waals surface area contributed by atoms with Crippen molar-refractivity contribution in [2.75, 3.05) is 12.4 Å². The third-order valence-electron chi connectivity index (χ3n) is 3.48. The summed E-state index contributed by atoms with van der Waals surface area (Å²) in [6, 6.07) is 13.4.